The van der Waals surface area contributed by atoms with E-state index in [0.717, 1.165) is 33.9 Å². The molecule has 0 bridgehead atoms. The highest BCUT2D eigenvalue weighted by Crippen LogP contribution is 2.32. The molecular weight excluding hydrogens is 332 g/mol. The molecule has 1 aromatic carbocycles. The zero-order valence-corrected chi connectivity index (χ0v) is 11.9. The van der Waals surface area contributed by atoms with Crippen LogP contribution in [-0.4, -0.2) is 6.04 Å². The second-order valence-corrected chi connectivity index (χ2v) is 5.81. The molecule has 4 heteroatoms. The van der Waals surface area contributed by atoms with Crippen LogP contribution in [0.1, 0.15) is 19.3 Å². The normalized spacial score (nSPS) is 24.1. The summed E-state index contributed by atoms with van der Waals surface area (Å²) in [5, 5.41) is 12.5. The maximum absolute atomic E-state index is 9.03. The molecule has 0 aromatic heterocycles. The molecule has 2 unspecified atom stereocenters. The molecule has 0 saturated heterocycles. The van der Waals surface area contributed by atoms with E-state index in [1.807, 2.05) is 18.2 Å². The number of nitriles is 1. The third kappa shape index (κ3) is 2.58. The van der Waals surface area contributed by atoms with Gasteiger partial charge in [0.15, 0.2) is 0 Å². The van der Waals surface area contributed by atoms with Gasteiger partial charge in [-0.05, 0) is 53.4 Å². The average molecular weight is 344 g/mol. The van der Waals surface area contributed by atoms with Gasteiger partial charge in [0.1, 0.15) is 0 Å². The van der Waals surface area contributed by atoms with Crippen LogP contribution in [0.25, 0.3) is 0 Å². The van der Waals surface area contributed by atoms with Gasteiger partial charge in [-0.3, -0.25) is 0 Å². The fourth-order valence-corrected chi connectivity index (χ4v) is 2.82. The second-order valence-electron chi connectivity index (χ2n) is 4.04. The minimum Gasteiger partial charge on any atom is -0.380 e. The van der Waals surface area contributed by atoms with Crippen LogP contribution in [0.5, 0.6) is 0 Å². The van der Waals surface area contributed by atoms with Crippen molar-refractivity contribution >= 4 is 37.5 Å². The average Bonchev–Trinajstić information content (AvgIpc) is 2.71. The lowest BCUT2D eigenvalue weighted by atomic mass is 10.1. The van der Waals surface area contributed by atoms with Crippen molar-refractivity contribution in [3.05, 3.63) is 27.1 Å². The van der Waals surface area contributed by atoms with E-state index in [0.29, 0.717) is 0 Å². The highest BCUT2D eigenvalue weighted by molar-refractivity contribution is 9.11. The number of rotatable bonds is 2. The number of hydrogen-bond acceptors (Lipinski definition) is 2. The van der Waals surface area contributed by atoms with Gasteiger partial charge in [-0.25, -0.2) is 0 Å². The first-order valence-electron chi connectivity index (χ1n) is 5.32. The molecule has 2 atom stereocenters. The van der Waals surface area contributed by atoms with Crippen molar-refractivity contribution in [3.8, 4) is 6.07 Å². The van der Waals surface area contributed by atoms with Gasteiger partial charge in [0.05, 0.1) is 12.0 Å². The van der Waals surface area contributed by atoms with Gasteiger partial charge in [0.25, 0.3) is 0 Å². The fourth-order valence-electron chi connectivity index (χ4n) is 2.10. The van der Waals surface area contributed by atoms with E-state index in [1.54, 1.807) is 0 Å². The maximum Gasteiger partial charge on any atom is 0.0677 e. The van der Waals surface area contributed by atoms with Crippen LogP contribution < -0.4 is 5.32 Å². The van der Waals surface area contributed by atoms with Gasteiger partial charge >= 0.3 is 0 Å². The number of hydrogen-bond donors (Lipinski definition) is 1. The summed E-state index contributed by atoms with van der Waals surface area (Å²) in [6.45, 7) is 0. The van der Waals surface area contributed by atoms with Gasteiger partial charge in [-0.2, -0.15) is 5.26 Å². The summed E-state index contributed by atoms with van der Waals surface area (Å²) < 4.78 is 2.09. The van der Waals surface area contributed by atoms with Crippen molar-refractivity contribution in [1.29, 1.82) is 5.26 Å². The Kier molecular flexibility index (Phi) is 3.88. The van der Waals surface area contributed by atoms with Crippen LogP contribution in [0.3, 0.4) is 0 Å². The molecule has 0 amide bonds. The largest absolute Gasteiger partial charge is 0.380 e. The highest BCUT2D eigenvalue weighted by atomic mass is 79.9. The van der Waals surface area contributed by atoms with Gasteiger partial charge in [0, 0.05) is 20.7 Å². The topological polar surface area (TPSA) is 35.8 Å². The molecule has 0 radical (unpaired) electrons. The van der Waals surface area contributed by atoms with E-state index >= 15 is 0 Å². The van der Waals surface area contributed by atoms with E-state index < -0.39 is 0 Å². The molecule has 0 spiro atoms. The SMILES string of the molecule is N#CC1CCCC1Nc1cc(Br)ccc1Br. The predicted molar refractivity (Wildman–Crippen MR) is 72.2 cm³/mol. The molecule has 1 N–H and O–H groups in total. The number of anilines is 1. The minimum atomic E-state index is 0.144. The Morgan fingerprint density at radius 2 is 2.12 bits per heavy atom. The Morgan fingerprint density at radius 3 is 2.88 bits per heavy atom. The van der Waals surface area contributed by atoms with Crippen LogP contribution >= 0.6 is 31.9 Å². The van der Waals surface area contributed by atoms with Crippen molar-refractivity contribution in [2.75, 3.05) is 5.32 Å². The first-order valence-corrected chi connectivity index (χ1v) is 6.90. The first kappa shape index (κ1) is 11.9. The molecule has 2 rings (SSSR count). The predicted octanol–water partition coefficient (Wildman–Crippen LogP) is 4.32. The third-order valence-electron chi connectivity index (χ3n) is 2.95. The Morgan fingerprint density at radius 1 is 1.31 bits per heavy atom. The number of halogens is 2. The van der Waals surface area contributed by atoms with Gasteiger partial charge < -0.3 is 5.32 Å². The van der Waals surface area contributed by atoms with Crippen molar-refractivity contribution in [2.24, 2.45) is 5.92 Å². The van der Waals surface area contributed by atoms with Crippen LogP contribution in [0.15, 0.2) is 27.1 Å². The van der Waals surface area contributed by atoms with Gasteiger partial charge in [-0.1, -0.05) is 15.9 Å². The molecule has 2 nitrogen and oxygen atoms in total. The molecule has 84 valence electrons. The van der Waals surface area contributed by atoms with Crippen LogP contribution in [0.4, 0.5) is 5.69 Å². The standard InChI is InChI=1S/C12H12Br2N2/c13-9-4-5-10(14)12(6-9)16-11-3-1-2-8(11)7-15/h4-6,8,11,16H,1-3H2. The van der Waals surface area contributed by atoms with Crippen molar-refractivity contribution < 1.29 is 0 Å². The van der Waals surface area contributed by atoms with E-state index in [4.69, 9.17) is 5.26 Å². The summed E-state index contributed by atoms with van der Waals surface area (Å²) in [5.74, 6) is 0.144. The van der Waals surface area contributed by atoms with Gasteiger partial charge in [0.2, 0.25) is 0 Å². The molecule has 1 aliphatic rings. The van der Waals surface area contributed by atoms with Crippen LogP contribution in [0.2, 0.25) is 0 Å². The molecule has 1 aromatic rings. The van der Waals surface area contributed by atoms with Crippen molar-refractivity contribution in [1.82, 2.24) is 0 Å². The summed E-state index contributed by atoms with van der Waals surface area (Å²) in [7, 11) is 0. The quantitative estimate of drug-likeness (QED) is 0.868. The zero-order chi connectivity index (χ0) is 11.5. The van der Waals surface area contributed by atoms with Crippen LogP contribution in [-0.2, 0) is 0 Å². The molecule has 1 saturated carbocycles. The maximum atomic E-state index is 9.03. The molecule has 1 aliphatic carbocycles. The van der Waals surface area contributed by atoms with Crippen molar-refractivity contribution in [3.63, 3.8) is 0 Å². The fraction of sp³-hybridized carbons (Fsp3) is 0.417. The molecule has 16 heavy (non-hydrogen) atoms. The third-order valence-corrected chi connectivity index (χ3v) is 4.14. The van der Waals surface area contributed by atoms with E-state index in [2.05, 4.69) is 43.2 Å². The first-order chi connectivity index (χ1) is 7.70. The second kappa shape index (κ2) is 5.20. The zero-order valence-electron chi connectivity index (χ0n) is 8.71. The number of nitrogens with one attached hydrogen (secondary N) is 1. The smallest absolute Gasteiger partial charge is 0.0677 e. The summed E-state index contributed by atoms with van der Waals surface area (Å²) >= 11 is 6.97. The number of nitrogens with zero attached hydrogens (tertiary/aromatic N) is 1. The summed E-state index contributed by atoms with van der Waals surface area (Å²) in [6, 6.07) is 8.70. The Hall–Kier alpha value is -0.530. The Labute approximate surface area is 112 Å². The summed E-state index contributed by atoms with van der Waals surface area (Å²) in [4.78, 5) is 0. The summed E-state index contributed by atoms with van der Waals surface area (Å²) in [5.41, 5.74) is 1.06. The molecule has 0 aliphatic heterocycles. The molecule has 0 heterocycles. The van der Waals surface area contributed by atoms with Gasteiger partial charge in [-0.15, -0.1) is 0 Å². The van der Waals surface area contributed by atoms with Crippen molar-refractivity contribution in [2.45, 2.75) is 25.3 Å². The minimum absolute atomic E-state index is 0.144. The molecular formula is C12H12Br2N2. The monoisotopic (exact) mass is 342 g/mol. The highest BCUT2D eigenvalue weighted by Gasteiger charge is 2.27. The Balaban J connectivity index is 2.14. The lowest BCUT2D eigenvalue weighted by Crippen LogP contribution is -2.22. The number of benzene rings is 1. The van der Waals surface area contributed by atoms with E-state index in [9.17, 15) is 0 Å². The lowest BCUT2D eigenvalue weighted by Gasteiger charge is -2.18. The summed E-state index contributed by atoms with van der Waals surface area (Å²) in [6.07, 6.45) is 3.23. The Bertz CT molecular complexity index is 426. The molecule has 1 fully saturated rings. The van der Waals surface area contributed by atoms with E-state index in [-0.39, 0.29) is 12.0 Å². The van der Waals surface area contributed by atoms with Crippen LogP contribution in [0, 0.1) is 17.2 Å². The lowest BCUT2D eigenvalue weighted by molar-refractivity contribution is 0.629. The van der Waals surface area contributed by atoms with E-state index in [1.165, 1.54) is 0 Å².